The van der Waals surface area contributed by atoms with Crippen LogP contribution in [0.4, 0.5) is 0 Å². The van der Waals surface area contributed by atoms with E-state index in [-0.39, 0.29) is 0 Å². The highest BCUT2D eigenvalue weighted by molar-refractivity contribution is 7.99. The molecule has 0 bridgehead atoms. The lowest BCUT2D eigenvalue weighted by molar-refractivity contribution is 0.421. The molecule has 146 valence electrons. The highest BCUT2D eigenvalue weighted by atomic mass is 32.2. The van der Waals surface area contributed by atoms with Gasteiger partial charge in [0.25, 0.3) is 0 Å². The fraction of sp³-hybridized carbons (Fsp3) is 0.0400. The van der Waals surface area contributed by atoms with E-state index in [2.05, 4.69) is 65.7 Å². The van der Waals surface area contributed by atoms with Crippen molar-refractivity contribution in [3.05, 3.63) is 103 Å². The Morgan fingerprint density at radius 3 is 2.07 bits per heavy atom. The predicted octanol–water partition coefficient (Wildman–Crippen LogP) is 5.39. The van der Waals surface area contributed by atoms with E-state index < -0.39 is 7.12 Å². The van der Waals surface area contributed by atoms with Gasteiger partial charge >= 0.3 is 7.12 Å². The predicted molar refractivity (Wildman–Crippen MR) is 128 cm³/mol. The van der Waals surface area contributed by atoms with Crippen molar-refractivity contribution >= 4 is 52.0 Å². The number of aromatic nitrogens is 1. The summed E-state index contributed by atoms with van der Waals surface area (Å²) in [6.45, 7) is 4.15. The minimum absolute atomic E-state index is 0.406. The maximum atomic E-state index is 10.0. The summed E-state index contributed by atoms with van der Waals surface area (Å²) < 4.78 is 2.27. The standard InChI is InChI=1S/C25H20BNO2S/c1-17-19-8-4-7-13-25(19)30-16-18(14-15-22(17)26(28)29)27-23-11-5-2-9-20(23)21-10-3-6-12-24(21)27/h2-15,28-29H,1,16H2/b18-14+,22-15+. The number of rotatable bonds is 2. The Labute approximate surface area is 179 Å². The monoisotopic (exact) mass is 409 g/mol. The summed E-state index contributed by atoms with van der Waals surface area (Å²) in [5, 5.41) is 22.5. The van der Waals surface area contributed by atoms with E-state index >= 15 is 0 Å². The molecule has 0 unspecified atom stereocenters. The first-order chi connectivity index (χ1) is 14.6. The number of fused-ring (bicyclic) bond motifs is 4. The molecule has 0 atom stereocenters. The first kappa shape index (κ1) is 19.0. The second-order valence-electron chi connectivity index (χ2n) is 7.29. The van der Waals surface area contributed by atoms with Gasteiger partial charge in [0.15, 0.2) is 0 Å². The van der Waals surface area contributed by atoms with Crippen LogP contribution < -0.4 is 0 Å². The normalized spacial score (nSPS) is 18.0. The second-order valence-corrected chi connectivity index (χ2v) is 8.30. The van der Waals surface area contributed by atoms with Crippen LogP contribution in [0.5, 0.6) is 0 Å². The van der Waals surface area contributed by atoms with Crippen molar-refractivity contribution in [1.29, 1.82) is 0 Å². The van der Waals surface area contributed by atoms with Crippen LogP contribution >= 0.6 is 11.8 Å². The highest BCUT2D eigenvalue weighted by Crippen LogP contribution is 2.37. The summed E-state index contributed by atoms with van der Waals surface area (Å²) >= 11 is 1.73. The Morgan fingerprint density at radius 1 is 0.800 bits per heavy atom. The van der Waals surface area contributed by atoms with E-state index in [0.717, 1.165) is 32.9 Å². The number of nitrogens with zero attached hydrogens (tertiary/aromatic N) is 1. The van der Waals surface area contributed by atoms with E-state index in [4.69, 9.17) is 0 Å². The summed E-state index contributed by atoms with van der Waals surface area (Å²) in [5.74, 6) is 0.734. The Hall–Kier alpha value is -2.99. The molecule has 3 nitrogen and oxygen atoms in total. The molecule has 3 aromatic carbocycles. The summed E-state index contributed by atoms with van der Waals surface area (Å²) in [4.78, 5) is 1.07. The van der Waals surface area contributed by atoms with Gasteiger partial charge in [0, 0.05) is 27.1 Å². The third-order valence-electron chi connectivity index (χ3n) is 5.54. The lowest BCUT2D eigenvalue weighted by atomic mass is 9.73. The molecule has 0 saturated heterocycles. The van der Waals surface area contributed by atoms with Gasteiger partial charge in [-0.05, 0) is 40.9 Å². The largest absolute Gasteiger partial charge is 0.489 e. The topological polar surface area (TPSA) is 45.4 Å². The van der Waals surface area contributed by atoms with Gasteiger partial charge in [-0.1, -0.05) is 67.3 Å². The molecule has 0 radical (unpaired) electrons. The average molecular weight is 409 g/mol. The first-order valence-corrected chi connectivity index (χ1v) is 10.8. The zero-order valence-electron chi connectivity index (χ0n) is 16.3. The quantitative estimate of drug-likeness (QED) is 0.436. The number of hydrogen-bond acceptors (Lipinski definition) is 3. The molecule has 1 aliphatic heterocycles. The molecule has 1 aromatic heterocycles. The molecule has 0 aliphatic carbocycles. The van der Waals surface area contributed by atoms with Crippen molar-refractivity contribution in [3.63, 3.8) is 0 Å². The Balaban J connectivity index is 1.76. The average Bonchev–Trinajstić information content (AvgIpc) is 3.12. The first-order valence-electron chi connectivity index (χ1n) is 9.82. The second kappa shape index (κ2) is 7.69. The van der Waals surface area contributed by atoms with Gasteiger partial charge < -0.3 is 14.6 Å². The fourth-order valence-electron chi connectivity index (χ4n) is 4.10. The molecule has 4 aromatic rings. The molecule has 30 heavy (non-hydrogen) atoms. The molecule has 1 aliphatic rings. The molecular weight excluding hydrogens is 389 g/mol. The zero-order chi connectivity index (χ0) is 20.7. The van der Waals surface area contributed by atoms with E-state index in [0.29, 0.717) is 11.0 Å². The Kier molecular flexibility index (Phi) is 4.87. The van der Waals surface area contributed by atoms with Gasteiger partial charge in [0.1, 0.15) is 0 Å². The fourth-order valence-corrected chi connectivity index (χ4v) is 5.15. The zero-order valence-corrected chi connectivity index (χ0v) is 17.1. The number of hydrogen-bond donors (Lipinski definition) is 2. The number of thioether (sulfide) groups is 1. The van der Waals surface area contributed by atoms with Crippen LogP contribution in [0.15, 0.2) is 102 Å². The van der Waals surface area contributed by atoms with Crippen molar-refractivity contribution in [3.8, 4) is 0 Å². The lowest BCUT2D eigenvalue weighted by Crippen LogP contribution is -2.16. The van der Waals surface area contributed by atoms with E-state index in [1.807, 2.05) is 24.3 Å². The summed E-state index contributed by atoms with van der Waals surface area (Å²) in [6.07, 6.45) is 3.77. The highest BCUT2D eigenvalue weighted by Gasteiger charge is 2.22. The van der Waals surface area contributed by atoms with Gasteiger partial charge in [-0.25, -0.2) is 0 Å². The smallest absolute Gasteiger partial charge is 0.423 e. The van der Waals surface area contributed by atoms with Gasteiger partial charge in [-0.3, -0.25) is 0 Å². The van der Waals surface area contributed by atoms with Gasteiger partial charge in [-0.15, -0.1) is 11.8 Å². The molecule has 0 spiro atoms. The number of benzene rings is 3. The van der Waals surface area contributed by atoms with E-state index in [1.54, 1.807) is 17.8 Å². The molecule has 5 heteroatoms. The molecule has 2 N–H and O–H groups in total. The molecule has 5 rings (SSSR count). The van der Waals surface area contributed by atoms with Crippen LogP contribution in [-0.4, -0.2) is 27.5 Å². The number of allylic oxidation sites excluding steroid dienone is 4. The van der Waals surface area contributed by atoms with Crippen LogP contribution in [0.25, 0.3) is 33.1 Å². The minimum Gasteiger partial charge on any atom is -0.423 e. The van der Waals surface area contributed by atoms with Crippen molar-refractivity contribution in [1.82, 2.24) is 4.57 Å². The van der Waals surface area contributed by atoms with E-state index in [1.165, 1.54) is 10.8 Å². The van der Waals surface area contributed by atoms with Gasteiger partial charge in [-0.2, -0.15) is 0 Å². The number of para-hydroxylation sites is 2. The van der Waals surface area contributed by atoms with Gasteiger partial charge in [0.05, 0.1) is 11.0 Å². The van der Waals surface area contributed by atoms with Crippen molar-refractivity contribution < 1.29 is 10.0 Å². The molecule has 2 heterocycles. The SMILES string of the molecule is C=C1/C(B(O)O)=C\C=C(\n2c3ccccc3c3ccccc32)CSc2ccccc21. The minimum atomic E-state index is -1.59. The molecule has 0 amide bonds. The van der Waals surface area contributed by atoms with Crippen molar-refractivity contribution in [2.45, 2.75) is 4.90 Å². The Bertz CT molecular complexity index is 1300. The van der Waals surface area contributed by atoms with Crippen LogP contribution in [0.2, 0.25) is 0 Å². The van der Waals surface area contributed by atoms with Crippen LogP contribution in [0, 0.1) is 0 Å². The van der Waals surface area contributed by atoms with E-state index in [9.17, 15) is 10.0 Å². The van der Waals surface area contributed by atoms with Crippen molar-refractivity contribution in [2.75, 3.05) is 5.75 Å². The summed E-state index contributed by atoms with van der Waals surface area (Å²) in [6, 6.07) is 24.8. The lowest BCUT2D eigenvalue weighted by Gasteiger charge is -2.14. The molecule has 0 saturated carbocycles. The van der Waals surface area contributed by atoms with Crippen LogP contribution in [-0.2, 0) is 0 Å². The summed E-state index contributed by atoms with van der Waals surface area (Å²) in [5.41, 5.74) is 5.31. The third-order valence-corrected chi connectivity index (χ3v) is 6.64. The third kappa shape index (κ3) is 3.12. The summed E-state index contributed by atoms with van der Waals surface area (Å²) in [7, 11) is -1.59. The maximum absolute atomic E-state index is 10.0. The Morgan fingerprint density at radius 2 is 1.40 bits per heavy atom. The maximum Gasteiger partial charge on any atom is 0.489 e. The van der Waals surface area contributed by atoms with Crippen LogP contribution in [0.3, 0.4) is 0 Å². The molecular formula is C25H20BNO2S. The van der Waals surface area contributed by atoms with Crippen LogP contribution in [0.1, 0.15) is 5.56 Å². The van der Waals surface area contributed by atoms with Gasteiger partial charge in [0.2, 0.25) is 0 Å². The molecule has 0 fully saturated rings. The van der Waals surface area contributed by atoms with Crippen molar-refractivity contribution in [2.24, 2.45) is 0 Å².